The molecule has 0 aromatic heterocycles. The van der Waals surface area contributed by atoms with E-state index in [0.717, 1.165) is 5.56 Å². The predicted octanol–water partition coefficient (Wildman–Crippen LogP) is 3.09. The third kappa shape index (κ3) is 4.45. The van der Waals surface area contributed by atoms with Gasteiger partial charge in [0.05, 0.1) is 5.60 Å². The van der Waals surface area contributed by atoms with Crippen LogP contribution in [0.4, 0.5) is 5.69 Å². The van der Waals surface area contributed by atoms with Crippen LogP contribution in [0.15, 0.2) is 43.0 Å². The molecule has 0 amide bonds. The molecule has 1 atom stereocenters. The summed E-state index contributed by atoms with van der Waals surface area (Å²) < 4.78 is 0. The predicted molar refractivity (Wildman–Crippen MR) is 75.2 cm³/mol. The van der Waals surface area contributed by atoms with Gasteiger partial charge in [-0.3, -0.25) is 0 Å². The van der Waals surface area contributed by atoms with Crippen molar-refractivity contribution in [2.24, 2.45) is 0 Å². The van der Waals surface area contributed by atoms with Gasteiger partial charge < -0.3 is 10.0 Å². The standard InChI is InChI=1S/C15H21NO/c1-5-11-15(2,17)12-10-13-6-8-14(9-7-13)16(3)4/h5-10,12,17H,1,11H2,2-4H3/b12-10+. The van der Waals surface area contributed by atoms with Crippen molar-refractivity contribution in [3.63, 3.8) is 0 Å². The van der Waals surface area contributed by atoms with E-state index in [0.29, 0.717) is 6.42 Å². The summed E-state index contributed by atoms with van der Waals surface area (Å²) in [6, 6.07) is 8.19. The Labute approximate surface area is 104 Å². The van der Waals surface area contributed by atoms with E-state index in [9.17, 15) is 5.11 Å². The van der Waals surface area contributed by atoms with Gasteiger partial charge in [0.1, 0.15) is 0 Å². The molecule has 1 rings (SSSR count). The molecule has 0 radical (unpaired) electrons. The molecule has 0 saturated heterocycles. The van der Waals surface area contributed by atoms with E-state index in [1.165, 1.54) is 5.69 Å². The van der Waals surface area contributed by atoms with E-state index in [1.807, 2.05) is 32.3 Å². The summed E-state index contributed by atoms with van der Waals surface area (Å²) in [4.78, 5) is 2.06. The average molecular weight is 231 g/mol. The number of hydrogen-bond donors (Lipinski definition) is 1. The summed E-state index contributed by atoms with van der Waals surface area (Å²) in [5.74, 6) is 0. The van der Waals surface area contributed by atoms with E-state index >= 15 is 0 Å². The van der Waals surface area contributed by atoms with Gasteiger partial charge in [0.15, 0.2) is 0 Å². The molecule has 0 aliphatic carbocycles. The zero-order chi connectivity index (χ0) is 12.9. The SMILES string of the molecule is C=CCC(C)(O)/C=C/c1ccc(N(C)C)cc1. The molecule has 1 aromatic carbocycles. The maximum Gasteiger partial charge on any atom is 0.0837 e. The molecule has 0 aliphatic heterocycles. The summed E-state index contributed by atoms with van der Waals surface area (Å²) in [6.07, 6.45) is 6.01. The van der Waals surface area contributed by atoms with Crippen molar-refractivity contribution in [1.29, 1.82) is 0 Å². The first-order chi connectivity index (χ1) is 7.94. The molecule has 1 unspecified atom stereocenters. The quantitative estimate of drug-likeness (QED) is 0.787. The molecule has 0 aliphatic rings. The van der Waals surface area contributed by atoms with E-state index in [4.69, 9.17) is 0 Å². The van der Waals surface area contributed by atoms with Crippen LogP contribution in [0.2, 0.25) is 0 Å². The maximum absolute atomic E-state index is 9.95. The molecule has 17 heavy (non-hydrogen) atoms. The molecule has 1 N–H and O–H groups in total. The molecular weight excluding hydrogens is 210 g/mol. The zero-order valence-corrected chi connectivity index (χ0v) is 10.9. The van der Waals surface area contributed by atoms with Crippen LogP contribution in [0.25, 0.3) is 6.08 Å². The minimum atomic E-state index is -0.817. The van der Waals surface area contributed by atoms with Gasteiger partial charge in [0.25, 0.3) is 0 Å². The van der Waals surface area contributed by atoms with Crippen LogP contribution in [-0.4, -0.2) is 24.8 Å². The van der Waals surface area contributed by atoms with Gasteiger partial charge in [-0.05, 0) is 31.0 Å². The molecule has 0 spiro atoms. The monoisotopic (exact) mass is 231 g/mol. The Kier molecular flexibility index (Phi) is 4.53. The summed E-state index contributed by atoms with van der Waals surface area (Å²) in [6.45, 7) is 5.41. The Hall–Kier alpha value is -1.54. The molecule has 2 heteroatoms. The molecule has 0 fully saturated rings. The van der Waals surface area contributed by atoms with Gasteiger partial charge in [0.2, 0.25) is 0 Å². The van der Waals surface area contributed by atoms with Crippen molar-refractivity contribution in [2.45, 2.75) is 18.9 Å². The van der Waals surface area contributed by atoms with Crippen LogP contribution in [0, 0.1) is 0 Å². The van der Waals surface area contributed by atoms with Crippen molar-refractivity contribution in [3.05, 3.63) is 48.6 Å². The lowest BCUT2D eigenvalue weighted by Gasteiger charge is -2.16. The second-order valence-electron chi connectivity index (χ2n) is 4.67. The lowest BCUT2D eigenvalue weighted by atomic mass is 10.0. The highest BCUT2D eigenvalue weighted by atomic mass is 16.3. The fraction of sp³-hybridized carbons (Fsp3) is 0.333. The fourth-order valence-corrected chi connectivity index (χ4v) is 1.52. The first kappa shape index (κ1) is 13.5. The van der Waals surface area contributed by atoms with Gasteiger partial charge in [0, 0.05) is 19.8 Å². The highest BCUT2D eigenvalue weighted by molar-refractivity contribution is 5.56. The topological polar surface area (TPSA) is 23.5 Å². The van der Waals surface area contributed by atoms with Crippen LogP contribution in [0.5, 0.6) is 0 Å². The minimum Gasteiger partial charge on any atom is -0.386 e. The van der Waals surface area contributed by atoms with E-state index in [2.05, 4.69) is 23.6 Å². The van der Waals surface area contributed by atoms with Crippen molar-refractivity contribution in [2.75, 3.05) is 19.0 Å². The van der Waals surface area contributed by atoms with Crippen molar-refractivity contribution < 1.29 is 5.11 Å². The molecule has 0 bridgehead atoms. The normalized spacial score (nSPS) is 14.6. The lowest BCUT2D eigenvalue weighted by Crippen LogP contribution is -2.18. The highest BCUT2D eigenvalue weighted by Gasteiger charge is 2.12. The van der Waals surface area contributed by atoms with Crippen LogP contribution < -0.4 is 4.90 Å². The molecule has 2 nitrogen and oxygen atoms in total. The first-order valence-electron chi connectivity index (χ1n) is 5.74. The number of nitrogens with zero attached hydrogens (tertiary/aromatic N) is 1. The number of rotatable bonds is 5. The molecule has 1 aromatic rings. The fourth-order valence-electron chi connectivity index (χ4n) is 1.52. The van der Waals surface area contributed by atoms with Crippen LogP contribution in [0.1, 0.15) is 18.9 Å². The smallest absolute Gasteiger partial charge is 0.0837 e. The molecular formula is C15H21NO. The number of hydrogen-bond acceptors (Lipinski definition) is 2. The summed E-state index contributed by atoms with van der Waals surface area (Å²) in [5.41, 5.74) is 1.43. The van der Waals surface area contributed by atoms with Crippen molar-refractivity contribution in [1.82, 2.24) is 0 Å². The summed E-state index contributed by atoms with van der Waals surface area (Å²) in [5, 5.41) is 9.95. The van der Waals surface area contributed by atoms with Crippen molar-refractivity contribution >= 4 is 11.8 Å². The highest BCUT2D eigenvalue weighted by Crippen LogP contribution is 2.16. The minimum absolute atomic E-state index is 0.555. The van der Waals surface area contributed by atoms with Gasteiger partial charge >= 0.3 is 0 Å². The Balaban J connectivity index is 2.75. The van der Waals surface area contributed by atoms with Crippen LogP contribution >= 0.6 is 0 Å². The Morgan fingerprint density at radius 2 is 1.88 bits per heavy atom. The maximum atomic E-state index is 9.95. The Bertz CT molecular complexity index is 388. The van der Waals surface area contributed by atoms with Crippen molar-refractivity contribution in [3.8, 4) is 0 Å². The Morgan fingerprint density at radius 1 is 1.29 bits per heavy atom. The third-order valence-electron chi connectivity index (χ3n) is 2.60. The van der Waals surface area contributed by atoms with Crippen LogP contribution in [0.3, 0.4) is 0 Å². The summed E-state index contributed by atoms with van der Waals surface area (Å²) >= 11 is 0. The first-order valence-corrected chi connectivity index (χ1v) is 5.74. The number of anilines is 1. The third-order valence-corrected chi connectivity index (χ3v) is 2.60. The lowest BCUT2D eigenvalue weighted by molar-refractivity contribution is 0.116. The van der Waals surface area contributed by atoms with Gasteiger partial charge in [-0.15, -0.1) is 6.58 Å². The molecule has 0 heterocycles. The zero-order valence-electron chi connectivity index (χ0n) is 10.9. The number of aliphatic hydroxyl groups is 1. The van der Waals surface area contributed by atoms with Gasteiger partial charge in [-0.1, -0.05) is 30.4 Å². The van der Waals surface area contributed by atoms with Gasteiger partial charge in [-0.2, -0.15) is 0 Å². The van der Waals surface area contributed by atoms with E-state index in [1.54, 1.807) is 19.1 Å². The second kappa shape index (κ2) is 5.69. The summed E-state index contributed by atoms with van der Waals surface area (Å²) in [7, 11) is 4.03. The van der Waals surface area contributed by atoms with Gasteiger partial charge in [-0.25, -0.2) is 0 Å². The average Bonchev–Trinajstić information content (AvgIpc) is 2.27. The van der Waals surface area contributed by atoms with Crippen LogP contribution in [-0.2, 0) is 0 Å². The molecule has 92 valence electrons. The number of benzene rings is 1. The second-order valence-corrected chi connectivity index (χ2v) is 4.67. The largest absolute Gasteiger partial charge is 0.386 e. The van der Waals surface area contributed by atoms with E-state index in [-0.39, 0.29) is 0 Å². The molecule has 0 saturated carbocycles. The van der Waals surface area contributed by atoms with E-state index < -0.39 is 5.60 Å². The Morgan fingerprint density at radius 3 is 2.35 bits per heavy atom.